The zero-order valence-electron chi connectivity index (χ0n) is 15.6. The van der Waals surface area contributed by atoms with E-state index in [4.69, 9.17) is 4.74 Å². The molecule has 0 amide bonds. The van der Waals surface area contributed by atoms with E-state index < -0.39 is 0 Å². The highest BCUT2D eigenvalue weighted by Gasteiger charge is 2.21. The van der Waals surface area contributed by atoms with Gasteiger partial charge in [-0.25, -0.2) is 4.98 Å². The van der Waals surface area contributed by atoms with Crippen molar-refractivity contribution in [2.75, 3.05) is 6.61 Å². The van der Waals surface area contributed by atoms with E-state index in [-0.39, 0.29) is 5.78 Å². The average Bonchev–Trinajstić information content (AvgIpc) is 3.24. The lowest BCUT2D eigenvalue weighted by molar-refractivity contribution is 0.102. The molecule has 1 aromatic heterocycles. The van der Waals surface area contributed by atoms with Crippen molar-refractivity contribution < 1.29 is 9.53 Å². The Bertz CT molecular complexity index is 1000. The van der Waals surface area contributed by atoms with E-state index in [0.29, 0.717) is 6.61 Å². The van der Waals surface area contributed by atoms with E-state index in [1.54, 1.807) is 12.5 Å². The minimum absolute atomic E-state index is 0.115. The molecule has 0 aliphatic heterocycles. The lowest BCUT2D eigenvalue weighted by Crippen LogP contribution is -2.14. The van der Waals surface area contributed by atoms with Crippen molar-refractivity contribution in [2.24, 2.45) is 0 Å². The Morgan fingerprint density at radius 3 is 2.82 bits per heavy atom. The van der Waals surface area contributed by atoms with Crippen molar-refractivity contribution in [3.63, 3.8) is 0 Å². The number of allylic oxidation sites excluding steroid dienone is 3. The largest absolute Gasteiger partial charge is 0.492 e. The summed E-state index contributed by atoms with van der Waals surface area (Å²) in [7, 11) is 0. The Kier molecular flexibility index (Phi) is 5.48. The van der Waals surface area contributed by atoms with Crippen LogP contribution in [0.1, 0.15) is 27.9 Å². The predicted octanol–water partition coefficient (Wildman–Crippen LogP) is 4.73. The second-order valence-corrected chi connectivity index (χ2v) is 6.76. The molecule has 0 spiro atoms. The molecule has 0 fully saturated rings. The fraction of sp³-hybridized carbons (Fsp3) is 0.167. The van der Waals surface area contributed by atoms with Gasteiger partial charge in [0.2, 0.25) is 0 Å². The first kappa shape index (κ1) is 18.0. The zero-order valence-corrected chi connectivity index (χ0v) is 15.6. The van der Waals surface area contributed by atoms with Crippen LogP contribution in [0.5, 0.6) is 5.75 Å². The van der Waals surface area contributed by atoms with Crippen LogP contribution in [0.2, 0.25) is 0 Å². The summed E-state index contributed by atoms with van der Waals surface area (Å²) in [5.74, 6) is 0.923. The third-order valence-corrected chi connectivity index (χ3v) is 4.84. The highest BCUT2D eigenvalue weighted by molar-refractivity contribution is 6.11. The summed E-state index contributed by atoms with van der Waals surface area (Å²) in [4.78, 5) is 16.8. The Hall–Kier alpha value is -3.40. The number of hydrogen-bond acceptors (Lipinski definition) is 3. The van der Waals surface area contributed by atoms with E-state index in [2.05, 4.69) is 4.98 Å². The standard InChI is InChI=1S/C24H22N2O2/c27-24-20(8-4-7-19-5-2-1-3-6-19)9-10-21-17-22(11-12-23(21)24)28-16-15-26-14-13-25-18-26/h1-8,11-14,17-18H,9-10,15-16H2. The summed E-state index contributed by atoms with van der Waals surface area (Å²) in [6.45, 7) is 1.31. The molecule has 1 aliphatic rings. The third kappa shape index (κ3) is 4.29. The van der Waals surface area contributed by atoms with E-state index in [1.807, 2.05) is 77.5 Å². The van der Waals surface area contributed by atoms with Gasteiger partial charge in [0.05, 0.1) is 12.9 Å². The van der Waals surface area contributed by atoms with Crippen LogP contribution in [0.25, 0.3) is 6.08 Å². The van der Waals surface area contributed by atoms with Gasteiger partial charge >= 0.3 is 0 Å². The Balaban J connectivity index is 1.40. The van der Waals surface area contributed by atoms with Crippen LogP contribution >= 0.6 is 0 Å². The van der Waals surface area contributed by atoms with Crippen LogP contribution < -0.4 is 4.74 Å². The molecule has 140 valence electrons. The first-order valence-corrected chi connectivity index (χ1v) is 9.48. The molecule has 4 rings (SSSR count). The molecule has 4 heteroatoms. The van der Waals surface area contributed by atoms with Crippen LogP contribution in [-0.2, 0) is 13.0 Å². The fourth-order valence-corrected chi connectivity index (χ4v) is 3.33. The first-order valence-electron chi connectivity index (χ1n) is 9.48. The van der Waals surface area contributed by atoms with Crippen molar-refractivity contribution in [1.82, 2.24) is 9.55 Å². The summed E-state index contributed by atoms with van der Waals surface area (Å²) >= 11 is 0. The van der Waals surface area contributed by atoms with Crippen LogP contribution in [0, 0.1) is 0 Å². The van der Waals surface area contributed by atoms with Gasteiger partial charge in [-0.1, -0.05) is 48.6 Å². The van der Waals surface area contributed by atoms with Crippen LogP contribution in [0.3, 0.4) is 0 Å². The Labute approximate surface area is 164 Å². The van der Waals surface area contributed by atoms with Gasteiger partial charge in [0.15, 0.2) is 5.78 Å². The molecule has 3 aromatic rings. The van der Waals surface area contributed by atoms with Gasteiger partial charge < -0.3 is 9.30 Å². The second-order valence-electron chi connectivity index (χ2n) is 6.76. The number of benzene rings is 2. The van der Waals surface area contributed by atoms with Crippen LogP contribution in [-0.4, -0.2) is 21.9 Å². The van der Waals surface area contributed by atoms with E-state index >= 15 is 0 Å². The van der Waals surface area contributed by atoms with Gasteiger partial charge in [-0.3, -0.25) is 4.79 Å². The molecule has 0 unspecified atom stereocenters. The Morgan fingerprint density at radius 1 is 1.11 bits per heavy atom. The number of carbonyl (C=O) groups excluding carboxylic acids is 1. The second kappa shape index (κ2) is 8.53. The van der Waals surface area contributed by atoms with Crippen molar-refractivity contribution in [3.05, 3.63) is 102 Å². The number of fused-ring (bicyclic) bond motifs is 1. The molecule has 28 heavy (non-hydrogen) atoms. The highest BCUT2D eigenvalue weighted by Crippen LogP contribution is 2.28. The number of imidazole rings is 1. The molecule has 0 saturated carbocycles. The summed E-state index contributed by atoms with van der Waals surface area (Å²) < 4.78 is 7.81. The molecule has 0 N–H and O–H groups in total. The van der Waals surface area contributed by atoms with Gasteiger partial charge in [-0.15, -0.1) is 0 Å². The SMILES string of the molecule is O=C1C(=CC=Cc2ccccc2)CCc2cc(OCCn3ccnc3)ccc21. The number of aryl methyl sites for hydroxylation is 1. The van der Waals surface area contributed by atoms with E-state index in [9.17, 15) is 4.79 Å². The molecule has 4 nitrogen and oxygen atoms in total. The number of ketones is 1. The molecule has 0 saturated heterocycles. The minimum Gasteiger partial charge on any atom is -0.492 e. The maximum Gasteiger partial charge on any atom is 0.189 e. The minimum atomic E-state index is 0.115. The highest BCUT2D eigenvalue weighted by atomic mass is 16.5. The van der Waals surface area contributed by atoms with Gasteiger partial charge in [-0.05, 0) is 42.2 Å². The van der Waals surface area contributed by atoms with Crippen molar-refractivity contribution in [2.45, 2.75) is 19.4 Å². The average molecular weight is 370 g/mol. The molecule has 0 bridgehead atoms. The third-order valence-electron chi connectivity index (χ3n) is 4.84. The molecule has 0 radical (unpaired) electrons. The number of ether oxygens (including phenoxy) is 1. The fourth-order valence-electron chi connectivity index (χ4n) is 3.33. The molecule has 2 aromatic carbocycles. The maximum atomic E-state index is 12.8. The number of rotatable bonds is 6. The smallest absolute Gasteiger partial charge is 0.189 e. The summed E-state index contributed by atoms with van der Waals surface area (Å²) in [5, 5.41) is 0. The summed E-state index contributed by atoms with van der Waals surface area (Å²) in [6.07, 6.45) is 13.0. The van der Waals surface area contributed by atoms with Crippen LogP contribution in [0.4, 0.5) is 0 Å². The maximum absolute atomic E-state index is 12.8. The normalized spacial score (nSPS) is 15.1. The van der Waals surface area contributed by atoms with Gasteiger partial charge in [0, 0.05) is 23.5 Å². The topological polar surface area (TPSA) is 44.1 Å². The van der Waals surface area contributed by atoms with Gasteiger partial charge in [0.1, 0.15) is 12.4 Å². The van der Waals surface area contributed by atoms with Gasteiger partial charge in [-0.2, -0.15) is 0 Å². The van der Waals surface area contributed by atoms with Crippen LogP contribution in [0.15, 0.2) is 85.0 Å². The van der Waals surface area contributed by atoms with Crippen molar-refractivity contribution in [3.8, 4) is 5.75 Å². The lowest BCUT2D eigenvalue weighted by Gasteiger charge is -2.18. The number of hydrogen-bond donors (Lipinski definition) is 0. The lowest BCUT2D eigenvalue weighted by atomic mass is 9.86. The number of aromatic nitrogens is 2. The molecule has 1 aliphatic carbocycles. The molecule has 0 atom stereocenters. The Morgan fingerprint density at radius 2 is 2.00 bits per heavy atom. The van der Waals surface area contributed by atoms with Crippen molar-refractivity contribution in [1.29, 1.82) is 0 Å². The number of Topliss-reactive ketones (excluding diaryl/α,β-unsaturated/α-hetero) is 1. The zero-order chi connectivity index (χ0) is 19.2. The monoisotopic (exact) mass is 370 g/mol. The summed E-state index contributed by atoms with van der Waals surface area (Å²) in [5.41, 5.74) is 3.83. The molecular formula is C24H22N2O2. The van der Waals surface area contributed by atoms with Gasteiger partial charge in [0.25, 0.3) is 0 Å². The van der Waals surface area contributed by atoms with E-state index in [1.165, 1.54) is 0 Å². The summed E-state index contributed by atoms with van der Waals surface area (Å²) in [6, 6.07) is 15.9. The number of carbonyl (C=O) groups is 1. The van der Waals surface area contributed by atoms with E-state index in [0.717, 1.165) is 47.4 Å². The molecule has 1 heterocycles. The predicted molar refractivity (Wildman–Crippen MR) is 110 cm³/mol. The quantitative estimate of drug-likeness (QED) is 0.589. The first-order chi connectivity index (χ1) is 13.8. The molecular weight excluding hydrogens is 348 g/mol. The van der Waals surface area contributed by atoms with Crippen molar-refractivity contribution >= 4 is 11.9 Å². The number of nitrogens with zero attached hydrogens (tertiary/aromatic N) is 2.